The van der Waals surface area contributed by atoms with E-state index in [9.17, 15) is 4.79 Å². The van der Waals surface area contributed by atoms with Crippen molar-refractivity contribution in [3.8, 4) is 0 Å². The zero-order valence-corrected chi connectivity index (χ0v) is 12.0. The van der Waals surface area contributed by atoms with Crippen molar-refractivity contribution in [3.63, 3.8) is 0 Å². The number of hydrogen-bond acceptors (Lipinski definition) is 2. The SMILES string of the molecule is Cc1ccccc1CC(=O)NC1CCCC1C(N)=S. The first-order chi connectivity index (χ1) is 9.08. The maximum absolute atomic E-state index is 12.1. The Morgan fingerprint density at radius 3 is 2.84 bits per heavy atom. The topological polar surface area (TPSA) is 55.1 Å². The zero-order valence-electron chi connectivity index (χ0n) is 11.2. The highest BCUT2D eigenvalue weighted by atomic mass is 32.1. The summed E-state index contributed by atoms with van der Waals surface area (Å²) in [5.41, 5.74) is 7.94. The van der Waals surface area contributed by atoms with Crippen LogP contribution in [0.5, 0.6) is 0 Å². The molecule has 3 N–H and O–H groups in total. The number of nitrogens with one attached hydrogen (secondary N) is 1. The van der Waals surface area contributed by atoms with E-state index in [1.54, 1.807) is 0 Å². The van der Waals surface area contributed by atoms with Crippen LogP contribution in [0.1, 0.15) is 30.4 Å². The Bertz CT molecular complexity index is 487. The third-order valence-electron chi connectivity index (χ3n) is 3.84. The van der Waals surface area contributed by atoms with E-state index in [0.29, 0.717) is 11.4 Å². The van der Waals surface area contributed by atoms with Crippen LogP contribution >= 0.6 is 12.2 Å². The number of thiocarbonyl (C=S) groups is 1. The van der Waals surface area contributed by atoms with E-state index in [1.165, 1.54) is 0 Å². The van der Waals surface area contributed by atoms with Gasteiger partial charge in [0.05, 0.1) is 11.4 Å². The fourth-order valence-corrected chi connectivity index (χ4v) is 2.99. The van der Waals surface area contributed by atoms with Crippen LogP contribution in [-0.2, 0) is 11.2 Å². The van der Waals surface area contributed by atoms with Crippen LogP contribution in [0.25, 0.3) is 0 Å². The molecule has 1 amide bonds. The number of aryl methyl sites for hydroxylation is 1. The molecule has 0 aromatic heterocycles. The molecule has 2 unspecified atom stereocenters. The van der Waals surface area contributed by atoms with E-state index < -0.39 is 0 Å². The number of rotatable bonds is 4. The normalized spacial score (nSPS) is 22.2. The molecule has 19 heavy (non-hydrogen) atoms. The molecule has 1 aromatic carbocycles. The van der Waals surface area contributed by atoms with Gasteiger partial charge in [0.2, 0.25) is 5.91 Å². The molecular formula is C15H20N2OS. The average molecular weight is 276 g/mol. The van der Waals surface area contributed by atoms with Crippen LogP contribution in [0, 0.1) is 12.8 Å². The van der Waals surface area contributed by atoms with Gasteiger partial charge in [0.15, 0.2) is 0 Å². The molecule has 1 aliphatic rings. The number of nitrogens with two attached hydrogens (primary N) is 1. The van der Waals surface area contributed by atoms with Gasteiger partial charge >= 0.3 is 0 Å². The standard InChI is InChI=1S/C15H20N2OS/c1-10-5-2-3-6-11(10)9-14(18)17-13-8-4-7-12(13)15(16)19/h2-3,5-6,12-13H,4,7-9H2,1H3,(H2,16,19)(H,17,18). The monoisotopic (exact) mass is 276 g/mol. The summed E-state index contributed by atoms with van der Waals surface area (Å²) in [4.78, 5) is 12.6. The molecular weight excluding hydrogens is 256 g/mol. The predicted octanol–water partition coefficient (Wildman–Crippen LogP) is 2.11. The van der Waals surface area contributed by atoms with Gasteiger partial charge in [-0.15, -0.1) is 0 Å². The highest BCUT2D eigenvalue weighted by Crippen LogP contribution is 2.26. The molecule has 0 saturated heterocycles. The molecule has 2 rings (SSSR count). The molecule has 3 nitrogen and oxygen atoms in total. The average Bonchev–Trinajstić information content (AvgIpc) is 2.80. The predicted molar refractivity (Wildman–Crippen MR) is 80.9 cm³/mol. The first-order valence-corrected chi connectivity index (χ1v) is 7.12. The van der Waals surface area contributed by atoms with Gasteiger partial charge in [-0.25, -0.2) is 0 Å². The third-order valence-corrected chi connectivity index (χ3v) is 4.14. The van der Waals surface area contributed by atoms with Crippen molar-refractivity contribution in [2.45, 2.75) is 38.6 Å². The van der Waals surface area contributed by atoms with Crippen molar-refractivity contribution in [3.05, 3.63) is 35.4 Å². The third kappa shape index (κ3) is 3.53. The van der Waals surface area contributed by atoms with Gasteiger partial charge in [-0.1, -0.05) is 42.9 Å². The first kappa shape index (κ1) is 14.0. The van der Waals surface area contributed by atoms with Crippen LogP contribution < -0.4 is 11.1 Å². The molecule has 0 radical (unpaired) electrons. The van der Waals surface area contributed by atoms with E-state index in [4.69, 9.17) is 18.0 Å². The lowest BCUT2D eigenvalue weighted by atomic mass is 10.0. The summed E-state index contributed by atoms with van der Waals surface area (Å²) >= 11 is 5.06. The van der Waals surface area contributed by atoms with Crippen LogP contribution in [0.4, 0.5) is 0 Å². The number of carbonyl (C=O) groups is 1. The second-order valence-corrected chi connectivity index (χ2v) is 5.69. The van der Waals surface area contributed by atoms with Crippen LogP contribution in [0.3, 0.4) is 0 Å². The van der Waals surface area contributed by atoms with Crippen molar-refractivity contribution < 1.29 is 4.79 Å². The molecule has 1 saturated carbocycles. The van der Waals surface area contributed by atoms with E-state index >= 15 is 0 Å². The van der Waals surface area contributed by atoms with Crippen LogP contribution in [0.15, 0.2) is 24.3 Å². The first-order valence-electron chi connectivity index (χ1n) is 6.71. The fourth-order valence-electron chi connectivity index (χ4n) is 2.71. The van der Waals surface area contributed by atoms with Gasteiger partial charge in [0, 0.05) is 12.0 Å². The maximum atomic E-state index is 12.1. The number of hydrogen-bond donors (Lipinski definition) is 2. The van der Waals surface area contributed by atoms with E-state index in [0.717, 1.165) is 30.4 Å². The molecule has 1 aliphatic carbocycles. The highest BCUT2D eigenvalue weighted by molar-refractivity contribution is 7.80. The summed E-state index contributed by atoms with van der Waals surface area (Å²) in [6, 6.07) is 8.08. The van der Waals surface area contributed by atoms with Gasteiger partial charge in [-0.05, 0) is 30.9 Å². The van der Waals surface area contributed by atoms with Gasteiger partial charge < -0.3 is 11.1 Å². The molecule has 0 spiro atoms. The Labute approximate surface area is 119 Å². The maximum Gasteiger partial charge on any atom is 0.224 e. The Hall–Kier alpha value is -1.42. The molecule has 0 heterocycles. The van der Waals surface area contributed by atoms with E-state index in [2.05, 4.69) is 5.32 Å². The van der Waals surface area contributed by atoms with Crippen molar-refractivity contribution >= 4 is 23.1 Å². The van der Waals surface area contributed by atoms with Crippen LogP contribution in [-0.4, -0.2) is 16.9 Å². The Morgan fingerprint density at radius 1 is 1.42 bits per heavy atom. The lowest BCUT2D eigenvalue weighted by Crippen LogP contribution is -2.42. The lowest BCUT2D eigenvalue weighted by molar-refractivity contribution is -0.121. The van der Waals surface area contributed by atoms with Crippen LogP contribution in [0.2, 0.25) is 0 Å². The van der Waals surface area contributed by atoms with Gasteiger partial charge in [-0.2, -0.15) is 0 Å². The Morgan fingerprint density at radius 2 is 2.16 bits per heavy atom. The minimum Gasteiger partial charge on any atom is -0.393 e. The molecule has 2 atom stereocenters. The van der Waals surface area contributed by atoms with Gasteiger partial charge in [0.1, 0.15) is 0 Å². The summed E-state index contributed by atoms with van der Waals surface area (Å²) in [7, 11) is 0. The van der Waals surface area contributed by atoms with Crippen molar-refractivity contribution in [2.24, 2.45) is 11.7 Å². The zero-order chi connectivity index (χ0) is 13.8. The van der Waals surface area contributed by atoms with E-state index in [-0.39, 0.29) is 17.9 Å². The summed E-state index contributed by atoms with van der Waals surface area (Å²) in [5, 5.41) is 3.08. The van der Waals surface area contributed by atoms with Crippen molar-refractivity contribution in [1.29, 1.82) is 0 Å². The lowest BCUT2D eigenvalue weighted by Gasteiger charge is -2.20. The second-order valence-electron chi connectivity index (χ2n) is 5.22. The molecule has 0 aliphatic heterocycles. The molecule has 1 aromatic rings. The Kier molecular flexibility index (Phi) is 4.53. The number of carbonyl (C=O) groups excluding carboxylic acids is 1. The quantitative estimate of drug-likeness (QED) is 0.828. The van der Waals surface area contributed by atoms with Crippen molar-refractivity contribution in [1.82, 2.24) is 5.32 Å². The smallest absolute Gasteiger partial charge is 0.224 e. The molecule has 0 bridgehead atoms. The highest BCUT2D eigenvalue weighted by Gasteiger charge is 2.30. The number of amides is 1. The second kappa shape index (κ2) is 6.15. The van der Waals surface area contributed by atoms with Gasteiger partial charge in [0.25, 0.3) is 0 Å². The fraction of sp³-hybridized carbons (Fsp3) is 0.467. The summed E-state index contributed by atoms with van der Waals surface area (Å²) in [6.07, 6.45) is 3.47. The largest absolute Gasteiger partial charge is 0.393 e. The Balaban J connectivity index is 1.95. The minimum atomic E-state index is 0.0578. The molecule has 102 valence electrons. The number of benzene rings is 1. The summed E-state index contributed by atoms with van der Waals surface area (Å²) < 4.78 is 0. The van der Waals surface area contributed by atoms with E-state index in [1.807, 2.05) is 31.2 Å². The minimum absolute atomic E-state index is 0.0578. The van der Waals surface area contributed by atoms with Crippen molar-refractivity contribution in [2.75, 3.05) is 0 Å². The summed E-state index contributed by atoms with van der Waals surface area (Å²) in [6.45, 7) is 2.02. The molecule has 4 heteroatoms. The molecule has 1 fully saturated rings. The summed E-state index contributed by atoms with van der Waals surface area (Å²) in [5.74, 6) is 0.221. The van der Waals surface area contributed by atoms with Gasteiger partial charge in [-0.3, -0.25) is 4.79 Å².